The highest BCUT2D eigenvalue weighted by molar-refractivity contribution is 6.02. The number of nitriles is 1. The third-order valence-electron chi connectivity index (χ3n) is 3.04. The predicted octanol–water partition coefficient (Wildman–Crippen LogP) is 3.76. The van der Waals surface area contributed by atoms with Gasteiger partial charge in [-0.3, -0.25) is 4.79 Å². The van der Waals surface area contributed by atoms with Gasteiger partial charge in [-0.15, -0.1) is 0 Å². The molecule has 0 aliphatic heterocycles. The van der Waals surface area contributed by atoms with Crippen molar-refractivity contribution in [2.24, 2.45) is 0 Å². The summed E-state index contributed by atoms with van der Waals surface area (Å²) in [6.07, 6.45) is 0. The van der Waals surface area contributed by atoms with E-state index in [1.54, 1.807) is 6.92 Å². The normalized spacial score (nSPS) is 11.7. The summed E-state index contributed by atoms with van der Waals surface area (Å²) in [4.78, 5) is 12.3. The number of ketones is 1. The first-order valence-electron chi connectivity index (χ1n) is 5.98. The van der Waals surface area contributed by atoms with Crippen molar-refractivity contribution in [3.05, 3.63) is 70.8 Å². The van der Waals surface area contributed by atoms with Gasteiger partial charge in [0.1, 0.15) is 17.6 Å². The Morgan fingerprint density at radius 2 is 1.80 bits per heavy atom. The molecule has 0 aliphatic rings. The van der Waals surface area contributed by atoms with Gasteiger partial charge in [-0.05, 0) is 48.4 Å². The topological polar surface area (TPSA) is 40.9 Å². The van der Waals surface area contributed by atoms with Crippen molar-refractivity contribution in [2.75, 3.05) is 0 Å². The lowest BCUT2D eigenvalue weighted by molar-refractivity contribution is 0.0978. The third-order valence-corrected chi connectivity index (χ3v) is 3.04. The summed E-state index contributed by atoms with van der Waals surface area (Å²) < 4.78 is 26.1. The first-order chi connectivity index (χ1) is 9.52. The van der Waals surface area contributed by atoms with E-state index in [9.17, 15) is 13.6 Å². The fraction of sp³-hybridized carbons (Fsp3) is 0.125. The van der Waals surface area contributed by atoms with Crippen LogP contribution in [0.25, 0.3) is 0 Å². The Labute approximate surface area is 115 Å². The monoisotopic (exact) mass is 271 g/mol. The largest absolute Gasteiger partial charge is 0.292 e. The second-order valence-electron chi connectivity index (χ2n) is 4.44. The highest BCUT2D eigenvalue weighted by Crippen LogP contribution is 2.22. The van der Waals surface area contributed by atoms with E-state index in [-0.39, 0.29) is 5.56 Å². The van der Waals surface area contributed by atoms with E-state index in [0.717, 1.165) is 0 Å². The van der Waals surface area contributed by atoms with Crippen LogP contribution in [0.15, 0.2) is 42.5 Å². The van der Waals surface area contributed by atoms with Gasteiger partial charge in [0.15, 0.2) is 5.78 Å². The van der Waals surface area contributed by atoms with E-state index in [4.69, 9.17) is 5.26 Å². The van der Waals surface area contributed by atoms with Gasteiger partial charge >= 0.3 is 0 Å². The van der Waals surface area contributed by atoms with Crippen molar-refractivity contribution >= 4 is 5.78 Å². The lowest BCUT2D eigenvalue weighted by Gasteiger charge is -2.09. The van der Waals surface area contributed by atoms with Gasteiger partial charge < -0.3 is 0 Å². The molecule has 0 saturated carbocycles. The average molecular weight is 271 g/mol. The van der Waals surface area contributed by atoms with Gasteiger partial charge in [-0.1, -0.05) is 12.1 Å². The molecule has 4 heteroatoms. The maximum atomic E-state index is 13.2. The Hall–Kier alpha value is -2.54. The zero-order valence-corrected chi connectivity index (χ0v) is 10.7. The standard InChI is InChI=1S/C16H11F2NO/c1-10-8-12(4-7-15(10)18)16(20)14(9-19)11-2-5-13(17)6-3-11/h2-8,14H,1H3. The molecule has 20 heavy (non-hydrogen) atoms. The van der Waals surface area contributed by atoms with Crippen LogP contribution in [0.5, 0.6) is 0 Å². The Morgan fingerprint density at radius 3 is 2.35 bits per heavy atom. The number of carbonyl (C=O) groups excluding carboxylic acids is 1. The van der Waals surface area contributed by atoms with Crippen molar-refractivity contribution in [3.63, 3.8) is 0 Å². The minimum absolute atomic E-state index is 0.264. The van der Waals surface area contributed by atoms with E-state index < -0.39 is 23.3 Å². The van der Waals surface area contributed by atoms with Gasteiger partial charge in [0.05, 0.1) is 6.07 Å². The lowest BCUT2D eigenvalue weighted by Crippen LogP contribution is -2.11. The maximum absolute atomic E-state index is 13.2. The molecule has 2 rings (SSSR count). The van der Waals surface area contributed by atoms with Crippen LogP contribution in [-0.4, -0.2) is 5.78 Å². The Kier molecular flexibility index (Phi) is 3.90. The van der Waals surface area contributed by atoms with Crippen molar-refractivity contribution in [2.45, 2.75) is 12.8 Å². The van der Waals surface area contributed by atoms with Crippen LogP contribution < -0.4 is 0 Å². The van der Waals surface area contributed by atoms with Crippen LogP contribution in [0.4, 0.5) is 8.78 Å². The number of aryl methyl sites for hydroxylation is 1. The Balaban J connectivity index is 2.36. The molecule has 0 amide bonds. The SMILES string of the molecule is Cc1cc(C(=O)C(C#N)c2ccc(F)cc2)ccc1F. The smallest absolute Gasteiger partial charge is 0.184 e. The fourth-order valence-corrected chi connectivity index (χ4v) is 1.90. The quantitative estimate of drug-likeness (QED) is 0.797. The molecule has 0 saturated heterocycles. The van der Waals surface area contributed by atoms with Gasteiger partial charge in [-0.25, -0.2) is 8.78 Å². The van der Waals surface area contributed by atoms with Crippen molar-refractivity contribution < 1.29 is 13.6 Å². The molecular weight excluding hydrogens is 260 g/mol. The molecule has 2 nitrogen and oxygen atoms in total. The van der Waals surface area contributed by atoms with E-state index in [1.165, 1.54) is 42.5 Å². The molecule has 1 unspecified atom stereocenters. The molecular formula is C16H11F2NO. The van der Waals surface area contributed by atoms with Crippen LogP contribution in [0.3, 0.4) is 0 Å². The number of hydrogen-bond donors (Lipinski definition) is 0. The Bertz CT molecular complexity index is 687. The molecule has 0 bridgehead atoms. The number of rotatable bonds is 3. The van der Waals surface area contributed by atoms with Crippen LogP contribution >= 0.6 is 0 Å². The molecule has 0 radical (unpaired) electrons. The minimum Gasteiger partial charge on any atom is -0.292 e. The summed E-state index contributed by atoms with van der Waals surface area (Å²) in [7, 11) is 0. The highest BCUT2D eigenvalue weighted by atomic mass is 19.1. The molecule has 1 atom stereocenters. The van der Waals surface area contributed by atoms with Crippen molar-refractivity contribution in [1.82, 2.24) is 0 Å². The van der Waals surface area contributed by atoms with Gasteiger partial charge in [0.25, 0.3) is 0 Å². The van der Waals surface area contributed by atoms with Crippen LogP contribution in [0.1, 0.15) is 27.4 Å². The van der Waals surface area contributed by atoms with Crippen LogP contribution in [-0.2, 0) is 0 Å². The van der Waals surface area contributed by atoms with Gasteiger partial charge in [0.2, 0.25) is 0 Å². The Morgan fingerprint density at radius 1 is 1.15 bits per heavy atom. The summed E-state index contributed by atoms with van der Waals surface area (Å²) >= 11 is 0. The number of halogens is 2. The van der Waals surface area contributed by atoms with Crippen molar-refractivity contribution in [1.29, 1.82) is 5.26 Å². The molecule has 2 aromatic rings. The predicted molar refractivity (Wildman–Crippen MR) is 70.2 cm³/mol. The number of benzene rings is 2. The van der Waals surface area contributed by atoms with Crippen molar-refractivity contribution in [3.8, 4) is 6.07 Å². The van der Waals surface area contributed by atoms with Crippen LogP contribution in [0, 0.1) is 29.9 Å². The molecule has 0 N–H and O–H groups in total. The van der Waals surface area contributed by atoms with E-state index in [1.807, 2.05) is 6.07 Å². The summed E-state index contributed by atoms with van der Waals surface area (Å²) in [6, 6.07) is 11.0. The highest BCUT2D eigenvalue weighted by Gasteiger charge is 2.22. The lowest BCUT2D eigenvalue weighted by atomic mass is 9.91. The maximum Gasteiger partial charge on any atom is 0.184 e. The molecule has 0 aliphatic carbocycles. The minimum atomic E-state index is -1.03. The first-order valence-corrected chi connectivity index (χ1v) is 5.98. The molecule has 2 aromatic carbocycles. The molecule has 0 fully saturated rings. The number of hydrogen-bond acceptors (Lipinski definition) is 2. The van der Waals surface area contributed by atoms with E-state index in [2.05, 4.69) is 0 Å². The summed E-state index contributed by atoms with van der Waals surface area (Å²) in [5.41, 5.74) is 1.02. The number of carbonyl (C=O) groups is 1. The van der Waals surface area contributed by atoms with E-state index in [0.29, 0.717) is 11.1 Å². The summed E-state index contributed by atoms with van der Waals surface area (Å²) in [5.74, 6) is -2.30. The zero-order chi connectivity index (χ0) is 14.7. The molecule has 0 heterocycles. The number of Topliss-reactive ketones (excluding diaryl/α,β-unsaturated/α-hetero) is 1. The molecule has 100 valence electrons. The summed E-state index contributed by atoms with van der Waals surface area (Å²) in [6.45, 7) is 1.55. The van der Waals surface area contributed by atoms with Gasteiger partial charge in [-0.2, -0.15) is 5.26 Å². The molecule has 0 spiro atoms. The fourth-order valence-electron chi connectivity index (χ4n) is 1.90. The summed E-state index contributed by atoms with van der Waals surface area (Å²) in [5, 5.41) is 9.17. The van der Waals surface area contributed by atoms with Crippen LogP contribution in [0.2, 0.25) is 0 Å². The van der Waals surface area contributed by atoms with Gasteiger partial charge in [0, 0.05) is 5.56 Å². The zero-order valence-electron chi connectivity index (χ0n) is 10.7. The number of nitrogens with zero attached hydrogens (tertiary/aromatic N) is 1. The third kappa shape index (κ3) is 2.72. The second kappa shape index (κ2) is 5.62. The van der Waals surface area contributed by atoms with E-state index >= 15 is 0 Å². The molecule has 0 aromatic heterocycles. The first kappa shape index (κ1) is 13.9. The average Bonchev–Trinajstić information content (AvgIpc) is 2.44. The second-order valence-corrected chi connectivity index (χ2v) is 4.44.